The van der Waals surface area contributed by atoms with Gasteiger partial charge >= 0.3 is 0 Å². The van der Waals surface area contributed by atoms with Gasteiger partial charge < -0.3 is 15.5 Å². The smallest absolute Gasteiger partial charge is 0.152 e. The van der Waals surface area contributed by atoms with Gasteiger partial charge in [0, 0.05) is 25.3 Å². The number of aromatic nitrogens is 1. The zero-order chi connectivity index (χ0) is 13.1. The average molecular weight is 248 g/mol. The van der Waals surface area contributed by atoms with Crippen LogP contribution in [-0.2, 0) is 0 Å². The van der Waals surface area contributed by atoms with Crippen LogP contribution in [0.15, 0.2) is 12.3 Å². The summed E-state index contributed by atoms with van der Waals surface area (Å²) < 4.78 is 0. The van der Waals surface area contributed by atoms with E-state index in [1.54, 1.807) is 0 Å². The molecule has 4 nitrogen and oxygen atoms in total. The molecule has 1 saturated heterocycles. The normalized spacial score (nSPS) is 21.9. The third-order valence-corrected chi connectivity index (χ3v) is 3.83. The maximum absolute atomic E-state index is 6.20. The van der Waals surface area contributed by atoms with Crippen LogP contribution < -0.4 is 10.6 Å². The number of anilines is 2. The molecule has 1 aromatic rings. The fraction of sp³-hybridized carbons (Fsp3) is 0.643. The summed E-state index contributed by atoms with van der Waals surface area (Å²) in [6.07, 6.45) is 4.16. The van der Waals surface area contributed by atoms with E-state index in [-0.39, 0.29) is 0 Å². The Bertz CT molecular complexity index is 405. The SMILES string of the molecule is CCC1CN(C)CCCN1c1nccc(C)c1N. The van der Waals surface area contributed by atoms with E-state index in [1.165, 1.54) is 6.42 Å². The first kappa shape index (κ1) is 13.1. The summed E-state index contributed by atoms with van der Waals surface area (Å²) in [5.41, 5.74) is 8.15. The molecule has 0 bridgehead atoms. The van der Waals surface area contributed by atoms with Crippen molar-refractivity contribution in [3.8, 4) is 0 Å². The van der Waals surface area contributed by atoms with E-state index in [4.69, 9.17) is 5.73 Å². The molecule has 0 aliphatic carbocycles. The van der Waals surface area contributed by atoms with Crippen LogP contribution in [0.4, 0.5) is 11.5 Å². The van der Waals surface area contributed by atoms with Crippen molar-refractivity contribution in [2.45, 2.75) is 32.7 Å². The summed E-state index contributed by atoms with van der Waals surface area (Å²) >= 11 is 0. The van der Waals surface area contributed by atoms with E-state index >= 15 is 0 Å². The van der Waals surface area contributed by atoms with Crippen molar-refractivity contribution in [2.24, 2.45) is 0 Å². The summed E-state index contributed by atoms with van der Waals surface area (Å²) in [5, 5.41) is 0. The minimum absolute atomic E-state index is 0.508. The monoisotopic (exact) mass is 248 g/mol. The fourth-order valence-electron chi connectivity index (χ4n) is 2.66. The first-order valence-electron chi connectivity index (χ1n) is 6.79. The molecule has 0 spiro atoms. The second kappa shape index (κ2) is 5.57. The summed E-state index contributed by atoms with van der Waals surface area (Å²) in [4.78, 5) is 9.31. The quantitative estimate of drug-likeness (QED) is 0.868. The van der Waals surface area contributed by atoms with Gasteiger partial charge in [0.2, 0.25) is 0 Å². The molecular weight excluding hydrogens is 224 g/mol. The fourth-order valence-corrected chi connectivity index (χ4v) is 2.66. The molecule has 1 fully saturated rings. The predicted molar refractivity (Wildman–Crippen MR) is 76.9 cm³/mol. The number of nitrogen functional groups attached to an aromatic ring is 1. The van der Waals surface area contributed by atoms with E-state index < -0.39 is 0 Å². The topological polar surface area (TPSA) is 45.4 Å². The molecule has 18 heavy (non-hydrogen) atoms. The van der Waals surface area contributed by atoms with Crippen LogP contribution in [0.5, 0.6) is 0 Å². The van der Waals surface area contributed by atoms with Gasteiger partial charge in [0.1, 0.15) is 0 Å². The number of hydrogen-bond acceptors (Lipinski definition) is 4. The van der Waals surface area contributed by atoms with Crippen LogP contribution in [0.25, 0.3) is 0 Å². The molecule has 1 unspecified atom stereocenters. The average Bonchev–Trinajstić information content (AvgIpc) is 2.54. The van der Waals surface area contributed by atoms with Crippen LogP contribution in [0.3, 0.4) is 0 Å². The molecule has 0 aromatic carbocycles. The van der Waals surface area contributed by atoms with Crippen LogP contribution in [0.2, 0.25) is 0 Å². The maximum atomic E-state index is 6.20. The first-order chi connectivity index (χ1) is 8.63. The number of hydrogen-bond donors (Lipinski definition) is 1. The zero-order valence-electron chi connectivity index (χ0n) is 11.7. The first-order valence-corrected chi connectivity index (χ1v) is 6.79. The summed E-state index contributed by atoms with van der Waals surface area (Å²) in [5.74, 6) is 0.970. The largest absolute Gasteiger partial charge is 0.396 e. The molecule has 1 aliphatic rings. The minimum Gasteiger partial charge on any atom is -0.396 e. The van der Waals surface area contributed by atoms with E-state index in [2.05, 4.69) is 28.8 Å². The molecule has 0 saturated carbocycles. The predicted octanol–water partition coefficient (Wildman–Crippen LogP) is 1.89. The Balaban J connectivity index is 2.31. The summed E-state index contributed by atoms with van der Waals surface area (Å²) in [7, 11) is 2.19. The number of aryl methyl sites for hydroxylation is 1. The lowest BCUT2D eigenvalue weighted by atomic mass is 10.1. The molecule has 100 valence electrons. The van der Waals surface area contributed by atoms with Crippen molar-refractivity contribution >= 4 is 11.5 Å². The van der Waals surface area contributed by atoms with Crippen molar-refractivity contribution in [3.63, 3.8) is 0 Å². The van der Waals surface area contributed by atoms with E-state index in [9.17, 15) is 0 Å². The number of nitrogens with two attached hydrogens (primary N) is 1. The summed E-state index contributed by atoms with van der Waals surface area (Å²) in [6.45, 7) is 7.57. The van der Waals surface area contributed by atoms with Gasteiger partial charge in [-0.05, 0) is 45.0 Å². The molecule has 4 heteroatoms. The third-order valence-electron chi connectivity index (χ3n) is 3.83. The molecule has 2 N–H and O–H groups in total. The number of rotatable bonds is 2. The highest BCUT2D eigenvalue weighted by Gasteiger charge is 2.24. The van der Waals surface area contributed by atoms with Gasteiger partial charge in [-0.1, -0.05) is 6.92 Å². The lowest BCUT2D eigenvalue weighted by Crippen LogP contribution is -2.40. The highest BCUT2D eigenvalue weighted by atomic mass is 15.3. The van der Waals surface area contributed by atoms with Crippen molar-refractivity contribution < 1.29 is 0 Å². The van der Waals surface area contributed by atoms with Gasteiger partial charge in [0.25, 0.3) is 0 Å². The third kappa shape index (κ3) is 2.58. The zero-order valence-corrected chi connectivity index (χ0v) is 11.7. The van der Waals surface area contributed by atoms with Crippen molar-refractivity contribution in [3.05, 3.63) is 17.8 Å². The standard InChI is InChI=1S/C14H24N4/c1-4-12-10-17(3)8-5-9-18(12)14-13(15)11(2)6-7-16-14/h6-7,12H,4-5,8-10,15H2,1-3H3. The Hall–Kier alpha value is -1.29. The van der Waals surface area contributed by atoms with Gasteiger partial charge in [-0.25, -0.2) is 4.98 Å². The van der Waals surface area contributed by atoms with Gasteiger partial charge in [-0.2, -0.15) is 0 Å². The summed E-state index contributed by atoms with van der Waals surface area (Å²) in [6, 6.07) is 2.48. The molecule has 1 aliphatic heterocycles. The minimum atomic E-state index is 0.508. The Labute approximate surface area is 110 Å². The molecule has 0 amide bonds. The Morgan fingerprint density at radius 3 is 2.94 bits per heavy atom. The van der Waals surface area contributed by atoms with Crippen LogP contribution >= 0.6 is 0 Å². The van der Waals surface area contributed by atoms with Crippen molar-refractivity contribution in [2.75, 3.05) is 37.3 Å². The molecular formula is C14H24N4. The maximum Gasteiger partial charge on any atom is 0.152 e. The van der Waals surface area contributed by atoms with Crippen LogP contribution in [0.1, 0.15) is 25.3 Å². The number of likely N-dealkylation sites (N-methyl/N-ethyl adjacent to an activating group) is 1. The Morgan fingerprint density at radius 1 is 1.44 bits per heavy atom. The van der Waals surface area contributed by atoms with E-state index in [0.29, 0.717) is 6.04 Å². The van der Waals surface area contributed by atoms with E-state index in [1.807, 2.05) is 19.2 Å². The van der Waals surface area contributed by atoms with Gasteiger partial charge in [-0.15, -0.1) is 0 Å². The molecule has 2 rings (SSSR count). The highest BCUT2D eigenvalue weighted by Crippen LogP contribution is 2.27. The lowest BCUT2D eigenvalue weighted by molar-refractivity contribution is 0.328. The van der Waals surface area contributed by atoms with Gasteiger partial charge in [-0.3, -0.25) is 0 Å². The van der Waals surface area contributed by atoms with Crippen LogP contribution in [0, 0.1) is 6.92 Å². The van der Waals surface area contributed by atoms with Gasteiger partial charge in [0.15, 0.2) is 5.82 Å². The molecule has 0 radical (unpaired) electrons. The van der Waals surface area contributed by atoms with Crippen LogP contribution in [-0.4, -0.2) is 42.6 Å². The second-order valence-corrected chi connectivity index (χ2v) is 5.24. The molecule has 1 aromatic heterocycles. The molecule has 1 atom stereocenters. The highest BCUT2D eigenvalue weighted by molar-refractivity contribution is 5.66. The Kier molecular flexibility index (Phi) is 4.07. The number of pyridine rings is 1. The van der Waals surface area contributed by atoms with Crippen molar-refractivity contribution in [1.82, 2.24) is 9.88 Å². The van der Waals surface area contributed by atoms with Crippen molar-refractivity contribution in [1.29, 1.82) is 0 Å². The second-order valence-electron chi connectivity index (χ2n) is 5.24. The lowest BCUT2D eigenvalue weighted by Gasteiger charge is -2.32. The number of nitrogens with zero attached hydrogens (tertiary/aromatic N) is 3. The molecule has 2 heterocycles. The van der Waals surface area contributed by atoms with Gasteiger partial charge in [0.05, 0.1) is 5.69 Å². The Morgan fingerprint density at radius 2 is 2.22 bits per heavy atom. The van der Waals surface area contributed by atoms with E-state index in [0.717, 1.165) is 43.1 Å².